The second-order valence-corrected chi connectivity index (χ2v) is 8.43. The van der Waals surface area contributed by atoms with Gasteiger partial charge < -0.3 is 9.80 Å². The SMILES string of the molecule is CCN1CCN(C(=O)CCn2nc(C)nc2C)C(Cc2ccccc2-c2ccccc2)C1=O. The van der Waals surface area contributed by atoms with Gasteiger partial charge in [0.15, 0.2) is 0 Å². The third kappa shape index (κ3) is 4.97. The molecule has 1 aliphatic rings. The topological polar surface area (TPSA) is 71.3 Å². The van der Waals surface area contributed by atoms with E-state index >= 15 is 0 Å². The van der Waals surface area contributed by atoms with E-state index in [-0.39, 0.29) is 11.8 Å². The van der Waals surface area contributed by atoms with Crippen LogP contribution in [0.2, 0.25) is 0 Å². The average Bonchev–Trinajstić information content (AvgIpc) is 3.16. The first-order valence-electron chi connectivity index (χ1n) is 11.6. The van der Waals surface area contributed by atoms with Crippen molar-refractivity contribution in [2.24, 2.45) is 0 Å². The third-order valence-corrected chi connectivity index (χ3v) is 6.30. The fourth-order valence-electron chi connectivity index (χ4n) is 4.57. The van der Waals surface area contributed by atoms with Crippen molar-refractivity contribution in [1.29, 1.82) is 0 Å². The van der Waals surface area contributed by atoms with E-state index in [1.807, 2.05) is 56.0 Å². The summed E-state index contributed by atoms with van der Waals surface area (Å²) in [4.78, 5) is 34.6. The molecule has 1 atom stereocenters. The first-order chi connectivity index (χ1) is 16.0. The van der Waals surface area contributed by atoms with Crippen molar-refractivity contribution < 1.29 is 9.59 Å². The number of amides is 2. The predicted molar refractivity (Wildman–Crippen MR) is 127 cm³/mol. The fourth-order valence-corrected chi connectivity index (χ4v) is 4.57. The first-order valence-corrected chi connectivity index (χ1v) is 11.6. The number of aromatic nitrogens is 3. The van der Waals surface area contributed by atoms with Gasteiger partial charge in [0.25, 0.3) is 0 Å². The Bertz CT molecular complexity index is 1120. The molecule has 0 aliphatic carbocycles. The molecular weight excluding hydrogens is 414 g/mol. The number of rotatable bonds is 7. The van der Waals surface area contributed by atoms with Gasteiger partial charge in [0.2, 0.25) is 11.8 Å². The smallest absolute Gasteiger partial charge is 0.245 e. The first kappa shape index (κ1) is 22.7. The third-order valence-electron chi connectivity index (χ3n) is 6.30. The molecule has 2 amide bonds. The van der Waals surface area contributed by atoms with Gasteiger partial charge in [0.05, 0.1) is 6.54 Å². The summed E-state index contributed by atoms with van der Waals surface area (Å²) in [6.07, 6.45) is 0.785. The van der Waals surface area contributed by atoms with Gasteiger partial charge in [-0.1, -0.05) is 54.6 Å². The molecule has 172 valence electrons. The van der Waals surface area contributed by atoms with Crippen molar-refractivity contribution in [3.8, 4) is 11.1 Å². The van der Waals surface area contributed by atoms with Crippen LogP contribution >= 0.6 is 0 Å². The van der Waals surface area contributed by atoms with E-state index in [1.165, 1.54) is 0 Å². The quantitative estimate of drug-likeness (QED) is 0.560. The van der Waals surface area contributed by atoms with Gasteiger partial charge in [-0.2, -0.15) is 5.10 Å². The van der Waals surface area contributed by atoms with Gasteiger partial charge in [-0.15, -0.1) is 0 Å². The van der Waals surface area contributed by atoms with Gasteiger partial charge in [0.1, 0.15) is 17.7 Å². The second-order valence-electron chi connectivity index (χ2n) is 8.43. The number of piperazine rings is 1. The number of likely N-dealkylation sites (N-methyl/N-ethyl adjacent to an activating group) is 1. The van der Waals surface area contributed by atoms with Crippen LogP contribution in [0.1, 0.15) is 30.6 Å². The van der Waals surface area contributed by atoms with E-state index in [0.29, 0.717) is 44.8 Å². The molecule has 0 N–H and O–H groups in total. The largest absolute Gasteiger partial charge is 0.339 e. The molecule has 2 aromatic carbocycles. The number of aryl methyl sites for hydroxylation is 3. The van der Waals surface area contributed by atoms with Crippen LogP contribution < -0.4 is 0 Å². The molecule has 1 aliphatic heterocycles. The summed E-state index contributed by atoms with van der Waals surface area (Å²) in [5, 5.41) is 4.36. The van der Waals surface area contributed by atoms with Crippen molar-refractivity contribution in [1.82, 2.24) is 24.6 Å². The lowest BCUT2D eigenvalue weighted by molar-refractivity contribution is -0.151. The summed E-state index contributed by atoms with van der Waals surface area (Å²) < 4.78 is 1.76. The summed E-state index contributed by atoms with van der Waals surface area (Å²) in [5.74, 6) is 1.49. The van der Waals surface area contributed by atoms with Crippen molar-refractivity contribution in [2.45, 2.75) is 46.2 Å². The van der Waals surface area contributed by atoms with Crippen LogP contribution in [0.4, 0.5) is 0 Å². The van der Waals surface area contributed by atoms with E-state index in [9.17, 15) is 9.59 Å². The highest BCUT2D eigenvalue weighted by molar-refractivity contribution is 5.89. The standard InChI is InChI=1S/C26H31N5O2/c1-4-29-16-17-30(25(32)14-15-31-20(3)27-19(2)28-31)24(26(29)33)18-22-12-8-9-13-23(22)21-10-6-5-7-11-21/h5-13,24H,4,14-18H2,1-3H3. The number of carbonyl (C=O) groups excluding carboxylic acids is 2. The molecule has 3 aromatic rings. The van der Waals surface area contributed by atoms with Gasteiger partial charge >= 0.3 is 0 Å². The maximum atomic E-state index is 13.4. The Labute approximate surface area is 195 Å². The zero-order valence-electron chi connectivity index (χ0n) is 19.6. The number of nitrogens with zero attached hydrogens (tertiary/aromatic N) is 5. The Morgan fingerprint density at radius 2 is 1.76 bits per heavy atom. The lowest BCUT2D eigenvalue weighted by atomic mass is 9.93. The minimum absolute atomic E-state index is 0.0196. The lowest BCUT2D eigenvalue weighted by Gasteiger charge is -2.40. The zero-order chi connectivity index (χ0) is 23.4. The van der Waals surface area contributed by atoms with E-state index in [4.69, 9.17) is 0 Å². The van der Waals surface area contributed by atoms with Crippen molar-refractivity contribution in [3.05, 3.63) is 71.8 Å². The van der Waals surface area contributed by atoms with Crippen molar-refractivity contribution in [3.63, 3.8) is 0 Å². The normalized spacial score (nSPS) is 16.3. The molecule has 0 saturated carbocycles. The molecule has 0 bridgehead atoms. The monoisotopic (exact) mass is 445 g/mol. The molecule has 7 nitrogen and oxygen atoms in total. The van der Waals surface area contributed by atoms with Gasteiger partial charge in [-0.3, -0.25) is 9.59 Å². The van der Waals surface area contributed by atoms with Gasteiger partial charge in [-0.05, 0) is 37.5 Å². The summed E-state index contributed by atoms with van der Waals surface area (Å²) in [5.41, 5.74) is 3.28. The zero-order valence-corrected chi connectivity index (χ0v) is 19.6. The average molecular weight is 446 g/mol. The van der Waals surface area contributed by atoms with Crippen molar-refractivity contribution >= 4 is 11.8 Å². The molecule has 4 rings (SSSR count). The molecule has 1 saturated heterocycles. The van der Waals surface area contributed by atoms with Crippen LogP contribution in [0.5, 0.6) is 0 Å². The minimum Gasteiger partial charge on any atom is -0.339 e. The predicted octanol–water partition coefficient (Wildman–Crippen LogP) is 3.25. The summed E-state index contributed by atoms with van der Waals surface area (Å²) in [6.45, 7) is 7.94. The molecule has 1 unspecified atom stereocenters. The maximum absolute atomic E-state index is 13.4. The number of carbonyl (C=O) groups is 2. The lowest BCUT2D eigenvalue weighted by Crippen LogP contribution is -2.59. The van der Waals surface area contributed by atoms with Crippen LogP contribution in [-0.4, -0.2) is 62.1 Å². The van der Waals surface area contributed by atoms with Crippen LogP contribution in [0.15, 0.2) is 54.6 Å². The highest BCUT2D eigenvalue weighted by atomic mass is 16.2. The summed E-state index contributed by atoms with van der Waals surface area (Å²) >= 11 is 0. The molecule has 1 fully saturated rings. The minimum atomic E-state index is -0.505. The van der Waals surface area contributed by atoms with Crippen LogP contribution in [0.3, 0.4) is 0 Å². The highest BCUT2D eigenvalue weighted by Crippen LogP contribution is 2.27. The number of hydrogen-bond donors (Lipinski definition) is 0. The molecule has 0 spiro atoms. The highest BCUT2D eigenvalue weighted by Gasteiger charge is 2.37. The summed E-state index contributed by atoms with van der Waals surface area (Å²) in [7, 11) is 0. The van der Waals surface area contributed by atoms with E-state index < -0.39 is 6.04 Å². The Balaban J connectivity index is 1.57. The van der Waals surface area contributed by atoms with Crippen LogP contribution in [0, 0.1) is 13.8 Å². The Kier molecular flexibility index (Phi) is 6.87. The second kappa shape index (κ2) is 9.98. The number of benzene rings is 2. The molecule has 2 heterocycles. The molecule has 0 radical (unpaired) electrons. The van der Waals surface area contributed by atoms with E-state index in [1.54, 1.807) is 9.58 Å². The molecule has 1 aromatic heterocycles. The van der Waals surface area contributed by atoms with Crippen LogP contribution in [-0.2, 0) is 22.6 Å². The fraction of sp³-hybridized carbons (Fsp3) is 0.385. The number of hydrogen-bond acceptors (Lipinski definition) is 4. The molecular formula is C26H31N5O2. The van der Waals surface area contributed by atoms with Gasteiger partial charge in [0, 0.05) is 32.5 Å². The Morgan fingerprint density at radius 3 is 2.45 bits per heavy atom. The van der Waals surface area contributed by atoms with Crippen LogP contribution in [0.25, 0.3) is 11.1 Å². The van der Waals surface area contributed by atoms with Crippen molar-refractivity contribution in [2.75, 3.05) is 19.6 Å². The van der Waals surface area contributed by atoms with E-state index in [2.05, 4.69) is 34.3 Å². The van der Waals surface area contributed by atoms with Gasteiger partial charge in [-0.25, -0.2) is 9.67 Å². The maximum Gasteiger partial charge on any atom is 0.245 e. The summed E-state index contributed by atoms with van der Waals surface area (Å²) in [6, 6.07) is 17.8. The van der Waals surface area contributed by atoms with E-state index in [0.717, 1.165) is 22.5 Å². The Hall–Kier alpha value is -3.48. The Morgan fingerprint density at radius 1 is 1.03 bits per heavy atom. The molecule has 33 heavy (non-hydrogen) atoms. The molecule has 7 heteroatoms.